The van der Waals surface area contributed by atoms with Crippen molar-refractivity contribution in [3.8, 4) is 5.75 Å². The van der Waals surface area contributed by atoms with Gasteiger partial charge in [0.2, 0.25) is 5.43 Å². The molecular formula is C21H28FN3O4. The summed E-state index contributed by atoms with van der Waals surface area (Å²) in [6, 6.07) is 0.822. The fourth-order valence-electron chi connectivity index (χ4n) is 3.67. The van der Waals surface area contributed by atoms with Gasteiger partial charge in [0.25, 0.3) is 0 Å². The Labute approximate surface area is 169 Å². The van der Waals surface area contributed by atoms with Crippen molar-refractivity contribution >= 4 is 16.9 Å². The van der Waals surface area contributed by atoms with E-state index in [0.717, 1.165) is 0 Å². The number of halogens is 1. The number of ether oxygens (including phenoxy) is 2. The number of benzene rings is 1. The zero-order chi connectivity index (χ0) is 21.3. The zero-order valence-electron chi connectivity index (χ0n) is 17.5. The minimum Gasteiger partial charge on any atom is -0.489 e. The summed E-state index contributed by atoms with van der Waals surface area (Å²) in [5, 5.41) is 3.45. The van der Waals surface area contributed by atoms with Crippen LogP contribution in [0, 0.1) is 5.82 Å². The second kappa shape index (κ2) is 8.51. The molecule has 1 aliphatic rings. The van der Waals surface area contributed by atoms with Gasteiger partial charge in [-0.25, -0.2) is 9.18 Å². The Morgan fingerprint density at radius 1 is 1.45 bits per heavy atom. The first kappa shape index (κ1) is 21.3. The molecule has 158 valence electrons. The number of aromatic nitrogens is 1. The van der Waals surface area contributed by atoms with Crippen LogP contribution in [-0.4, -0.2) is 49.4 Å². The highest BCUT2D eigenvalue weighted by molar-refractivity contribution is 5.96. The first-order chi connectivity index (χ1) is 13.8. The van der Waals surface area contributed by atoms with Gasteiger partial charge in [-0.1, -0.05) is 6.92 Å². The number of rotatable bonds is 7. The summed E-state index contributed by atoms with van der Waals surface area (Å²) in [6.45, 7) is 6.60. The molecule has 7 nitrogen and oxygen atoms in total. The number of carbonyl (C=O) groups excluding carboxylic acids is 1. The molecule has 1 N–H and O–H groups in total. The van der Waals surface area contributed by atoms with Gasteiger partial charge in [-0.3, -0.25) is 15.0 Å². The average molecular weight is 405 g/mol. The predicted molar refractivity (Wildman–Crippen MR) is 109 cm³/mol. The second-order valence-corrected chi connectivity index (χ2v) is 7.56. The number of hydrogen-bond donors (Lipinski definition) is 1. The third-order valence-corrected chi connectivity index (χ3v) is 5.11. The number of carbonyl (C=O) groups is 1. The summed E-state index contributed by atoms with van der Waals surface area (Å²) in [4.78, 5) is 27.2. The lowest BCUT2D eigenvalue weighted by molar-refractivity contribution is 0.0523. The molecule has 2 atom stereocenters. The number of esters is 1. The molecule has 1 unspecified atom stereocenters. The molecule has 0 saturated carbocycles. The molecule has 0 saturated heterocycles. The fraction of sp³-hybridized carbons (Fsp3) is 0.524. The van der Waals surface area contributed by atoms with Gasteiger partial charge in [0.15, 0.2) is 5.75 Å². The summed E-state index contributed by atoms with van der Waals surface area (Å²) in [5.41, 5.74) is 0.284. The Morgan fingerprint density at radius 3 is 2.79 bits per heavy atom. The highest BCUT2D eigenvalue weighted by atomic mass is 19.1. The van der Waals surface area contributed by atoms with Crippen molar-refractivity contribution in [2.24, 2.45) is 0 Å². The number of nitrogens with zero attached hydrogens (tertiary/aromatic N) is 2. The van der Waals surface area contributed by atoms with Gasteiger partial charge in [-0.05, 0) is 40.4 Å². The standard InChI is InChI=1S/C21H28FN3O4/c1-6-16(23-11-24(4)5)17-15(22)8-13-18-20(17)29-10-12(3)25(18)9-14(19(13)26)21(27)28-7-2/h8-9,12,16,23H,6-7,10-11H2,1-5H3/t12-,16?/m0/s1. The molecule has 1 aromatic heterocycles. The van der Waals surface area contributed by atoms with Gasteiger partial charge < -0.3 is 14.0 Å². The molecular weight excluding hydrogens is 377 g/mol. The van der Waals surface area contributed by atoms with Crippen LogP contribution in [0.2, 0.25) is 0 Å². The van der Waals surface area contributed by atoms with Crippen LogP contribution in [0.3, 0.4) is 0 Å². The first-order valence-corrected chi connectivity index (χ1v) is 9.89. The quantitative estimate of drug-likeness (QED) is 0.564. The lowest BCUT2D eigenvalue weighted by atomic mass is 9.97. The molecule has 1 aliphatic heterocycles. The third kappa shape index (κ3) is 3.86. The van der Waals surface area contributed by atoms with Crippen LogP contribution >= 0.6 is 0 Å². The van der Waals surface area contributed by atoms with Crippen LogP contribution in [0.15, 0.2) is 17.1 Å². The third-order valence-electron chi connectivity index (χ3n) is 5.11. The van der Waals surface area contributed by atoms with Crippen LogP contribution < -0.4 is 15.5 Å². The smallest absolute Gasteiger partial charge is 0.343 e. The van der Waals surface area contributed by atoms with E-state index in [9.17, 15) is 9.59 Å². The molecule has 29 heavy (non-hydrogen) atoms. The van der Waals surface area contributed by atoms with Crippen LogP contribution in [0.1, 0.15) is 55.2 Å². The number of pyridine rings is 1. The maximum atomic E-state index is 15.2. The Balaban J connectivity index is 2.27. The molecule has 0 fully saturated rings. The van der Waals surface area contributed by atoms with Gasteiger partial charge in [0, 0.05) is 24.5 Å². The van der Waals surface area contributed by atoms with E-state index in [1.165, 1.54) is 12.3 Å². The summed E-state index contributed by atoms with van der Waals surface area (Å²) >= 11 is 0. The highest BCUT2D eigenvalue weighted by Crippen LogP contribution is 2.40. The molecule has 0 aliphatic carbocycles. The van der Waals surface area contributed by atoms with Crippen LogP contribution in [-0.2, 0) is 4.74 Å². The van der Waals surface area contributed by atoms with Gasteiger partial charge in [-0.15, -0.1) is 0 Å². The molecule has 2 aromatic rings. The van der Waals surface area contributed by atoms with Crippen molar-refractivity contribution in [3.05, 3.63) is 39.4 Å². The Kier molecular flexibility index (Phi) is 6.24. The second-order valence-electron chi connectivity index (χ2n) is 7.56. The average Bonchev–Trinajstić information content (AvgIpc) is 2.67. The van der Waals surface area contributed by atoms with E-state index < -0.39 is 17.2 Å². The van der Waals surface area contributed by atoms with Crippen molar-refractivity contribution in [2.45, 2.75) is 39.3 Å². The molecule has 0 radical (unpaired) electrons. The summed E-state index contributed by atoms with van der Waals surface area (Å²) < 4.78 is 28.0. The molecule has 0 amide bonds. The Morgan fingerprint density at radius 2 is 2.17 bits per heavy atom. The summed E-state index contributed by atoms with van der Waals surface area (Å²) in [5.74, 6) is -0.861. The molecule has 3 rings (SSSR count). The molecule has 2 heterocycles. The van der Waals surface area contributed by atoms with E-state index in [1.807, 2.05) is 37.4 Å². The van der Waals surface area contributed by atoms with Crippen molar-refractivity contribution in [3.63, 3.8) is 0 Å². The predicted octanol–water partition coefficient (Wildman–Crippen LogP) is 2.83. The van der Waals surface area contributed by atoms with Gasteiger partial charge in [0.1, 0.15) is 18.0 Å². The fourth-order valence-corrected chi connectivity index (χ4v) is 3.67. The minimum atomic E-state index is -0.702. The van der Waals surface area contributed by atoms with E-state index in [2.05, 4.69) is 5.32 Å². The van der Waals surface area contributed by atoms with E-state index in [0.29, 0.717) is 36.5 Å². The minimum absolute atomic E-state index is 0.0935. The first-order valence-electron chi connectivity index (χ1n) is 9.89. The Hall–Kier alpha value is -2.45. The van der Waals surface area contributed by atoms with Crippen LogP contribution in [0.5, 0.6) is 5.75 Å². The zero-order valence-corrected chi connectivity index (χ0v) is 17.5. The molecule has 0 bridgehead atoms. The lowest BCUT2D eigenvalue weighted by Crippen LogP contribution is -2.33. The summed E-state index contributed by atoms with van der Waals surface area (Å²) in [7, 11) is 3.85. The normalized spacial score (nSPS) is 16.7. The van der Waals surface area contributed by atoms with Gasteiger partial charge in [-0.2, -0.15) is 0 Å². The van der Waals surface area contributed by atoms with Gasteiger partial charge in [0.05, 0.1) is 23.6 Å². The van der Waals surface area contributed by atoms with Crippen LogP contribution in [0.4, 0.5) is 4.39 Å². The molecule has 1 aromatic carbocycles. The highest BCUT2D eigenvalue weighted by Gasteiger charge is 2.30. The molecule has 8 heteroatoms. The van der Waals surface area contributed by atoms with Crippen molar-refractivity contribution in [1.82, 2.24) is 14.8 Å². The monoisotopic (exact) mass is 405 g/mol. The van der Waals surface area contributed by atoms with Crippen molar-refractivity contribution in [2.75, 3.05) is 34.0 Å². The van der Waals surface area contributed by atoms with Crippen molar-refractivity contribution < 1.29 is 18.7 Å². The van der Waals surface area contributed by atoms with Crippen molar-refractivity contribution in [1.29, 1.82) is 0 Å². The number of hydrogen-bond acceptors (Lipinski definition) is 6. The maximum absolute atomic E-state index is 15.2. The number of nitrogens with one attached hydrogen (secondary N) is 1. The Bertz CT molecular complexity index is 986. The largest absolute Gasteiger partial charge is 0.489 e. The van der Waals surface area contributed by atoms with Gasteiger partial charge >= 0.3 is 5.97 Å². The maximum Gasteiger partial charge on any atom is 0.343 e. The van der Waals surface area contributed by atoms with Crippen LogP contribution in [0.25, 0.3) is 10.9 Å². The molecule has 0 spiro atoms. The lowest BCUT2D eigenvalue weighted by Gasteiger charge is -2.31. The van der Waals surface area contributed by atoms with E-state index in [1.54, 1.807) is 6.92 Å². The van der Waals surface area contributed by atoms with E-state index in [-0.39, 0.29) is 29.6 Å². The summed E-state index contributed by atoms with van der Waals surface area (Å²) in [6.07, 6.45) is 2.16. The topological polar surface area (TPSA) is 72.8 Å². The van der Waals surface area contributed by atoms with E-state index in [4.69, 9.17) is 9.47 Å². The van der Waals surface area contributed by atoms with E-state index >= 15 is 4.39 Å². The SMILES string of the molecule is CCOC(=O)c1cn2c3c(c(C(CC)NCN(C)C)c(F)cc3c1=O)OC[C@@H]2C.